The van der Waals surface area contributed by atoms with Crippen LogP contribution in [0.4, 0.5) is 11.5 Å². The van der Waals surface area contributed by atoms with Crippen molar-refractivity contribution in [2.45, 2.75) is 25.7 Å². The standard InChI is InChI=1S/C23H21N3/c1-2-4-16(5-3-1)19-7-6-17-9-11-23(26-22(17)14-19)25-20-10-8-18-12-13-24-21(18)15-20/h4,6-15,24H,1-3,5H2,(H,25,26). The number of aromatic nitrogens is 2. The van der Waals surface area contributed by atoms with Gasteiger partial charge in [-0.05, 0) is 78.6 Å². The van der Waals surface area contributed by atoms with E-state index in [-0.39, 0.29) is 0 Å². The molecule has 0 fully saturated rings. The zero-order chi connectivity index (χ0) is 17.3. The third-order valence-electron chi connectivity index (χ3n) is 5.18. The first-order chi connectivity index (χ1) is 12.8. The summed E-state index contributed by atoms with van der Waals surface area (Å²) in [4.78, 5) is 8.10. The summed E-state index contributed by atoms with van der Waals surface area (Å²) in [6, 6.07) is 19.2. The van der Waals surface area contributed by atoms with E-state index < -0.39 is 0 Å². The molecule has 3 nitrogen and oxygen atoms in total. The minimum absolute atomic E-state index is 0.873. The predicted octanol–water partition coefficient (Wildman–Crippen LogP) is 6.42. The summed E-state index contributed by atoms with van der Waals surface area (Å²) in [5, 5.41) is 5.82. The number of hydrogen-bond acceptors (Lipinski definition) is 2. The Bertz CT molecular complexity index is 1120. The lowest BCUT2D eigenvalue weighted by Crippen LogP contribution is -1.95. The molecule has 0 amide bonds. The van der Waals surface area contributed by atoms with E-state index >= 15 is 0 Å². The van der Waals surface area contributed by atoms with Crippen molar-refractivity contribution >= 4 is 38.9 Å². The van der Waals surface area contributed by atoms with Gasteiger partial charge in [0.2, 0.25) is 0 Å². The van der Waals surface area contributed by atoms with E-state index in [1.807, 2.05) is 12.3 Å². The summed E-state index contributed by atoms with van der Waals surface area (Å²) in [6.07, 6.45) is 9.33. The van der Waals surface area contributed by atoms with Crippen molar-refractivity contribution < 1.29 is 0 Å². The highest BCUT2D eigenvalue weighted by molar-refractivity contribution is 5.86. The van der Waals surface area contributed by atoms with Gasteiger partial charge < -0.3 is 10.3 Å². The van der Waals surface area contributed by atoms with Crippen LogP contribution in [-0.2, 0) is 0 Å². The fourth-order valence-corrected chi connectivity index (χ4v) is 3.76. The molecule has 2 aromatic heterocycles. The number of allylic oxidation sites excluding steroid dienone is 2. The highest BCUT2D eigenvalue weighted by atomic mass is 15.0. The van der Waals surface area contributed by atoms with Crippen LogP contribution in [0.15, 0.2) is 66.9 Å². The second kappa shape index (κ2) is 6.34. The smallest absolute Gasteiger partial charge is 0.131 e. The number of benzene rings is 2. The summed E-state index contributed by atoms with van der Waals surface area (Å²) in [5.74, 6) is 0.873. The molecular weight excluding hydrogens is 318 g/mol. The lowest BCUT2D eigenvalue weighted by atomic mass is 9.93. The normalized spacial score (nSPS) is 14.5. The van der Waals surface area contributed by atoms with Gasteiger partial charge in [-0.15, -0.1) is 0 Å². The van der Waals surface area contributed by atoms with Crippen LogP contribution in [0.3, 0.4) is 0 Å². The number of hydrogen-bond donors (Lipinski definition) is 2. The van der Waals surface area contributed by atoms with Gasteiger partial charge in [-0.25, -0.2) is 4.98 Å². The molecule has 26 heavy (non-hydrogen) atoms. The molecule has 0 saturated heterocycles. The van der Waals surface area contributed by atoms with Crippen molar-refractivity contribution in [2.24, 2.45) is 0 Å². The zero-order valence-corrected chi connectivity index (χ0v) is 14.6. The number of nitrogens with one attached hydrogen (secondary N) is 2. The maximum Gasteiger partial charge on any atom is 0.131 e. The maximum atomic E-state index is 4.85. The zero-order valence-electron chi connectivity index (χ0n) is 14.6. The summed E-state index contributed by atoms with van der Waals surface area (Å²) >= 11 is 0. The fourth-order valence-electron chi connectivity index (χ4n) is 3.76. The van der Waals surface area contributed by atoms with Crippen LogP contribution < -0.4 is 5.32 Å². The summed E-state index contributed by atoms with van der Waals surface area (Å²) < 4.78 is 0. The second-order valence-corrected chi connectivity index (χ2v) is 6.98. The Kier molecular flexibility index (Phi) is 3.71. The highest BCUT2D eigenvalue weighted by Crippen LogP contribution is 2.29. The van der Waals surface area contributed by atoms with Crippen molar-refractivity contribution in [1.82, 2.24) is 9.97 Å². The van der Waals surface area contributed by atoms with Gasteiger partial charge >= 0.3 is 0 Å². The van der Waals surface area contributed by atoms with Crippen LogP contribution in [0.1, 0.15) is 31.2 Å². The molecule has 0 bridgehead atoms. The van der Waals surface area contributed by atoms with Crippen LogP contribution in [0.2, 0.25) is 0 Å². The van der Waals surface area contributed by atoms with Gasteiger partial charge in [0.05, 0.1) is 5.52 Å². The monoisotopic (exact) mass is 339 g/mol. The Balaban J connectivity index is 1.48. The topological polar surface area (TPSA) is 40.7 Å². The minimum Gasteiger partial charge on any atom is -0.361 e. The Morgan fingerprint density at radius 1 is 0.885 bits per heavy atom. The molecule has 0 spiro atoms. The molecule has 128 valence electrons. The van der Waals surface area contributed by atoms with Gasteiger partial charge in [-0.3, -0.25) is 0 Å². The van der Waals surface area contributed by atoms with Crippen molar-refractivity contribution in [2.75, 3.05) is 5.32 Å². The summed E-state index contributed by atoms with van der Waals surface area (Å²) in [5.41, 5.74) is 5.99. The average molecular weight is 339 g/mol. The van der Waals surface area contributed by atoms with E-state index in [1.165, 1.54) is 47.6 Å². The molecule has 5 rings (SSSR count). The van der Waals surface area contributed by atoms with Gasteiger partial charge in [0.1, 0.15) is 5.82 Å². The van der Waals surface area contributed by atoms with E-state index in [4.69, 9.17) is 4.98 Å². The van der Waals surface area contributed by atoms with E-state index in [9.17, 15) is 0 Å². The molecule has 2 heterocycles. The summed E-state index contributed by atoms with van der Waals surface area (Å²) in [7, 11) is 0. The van der Waals surface area contributed by atoms with Crippen LogP contribution in [0.5, 0.6) is 0 Å². The van der Waals surface area contributed by atoms with Gasteiger partial charge in [0.25, 0.3) is 0 Å². The SMILES string of the molecule is C1=C(c2ccc3ccc(Nc4ccc5cc[nH]c5c4)nc3c2)CCCC1. The van der Waals surface area contributed by atoms with Crippen molar-refractivity contribution in [3.05, 3.63) is 72.4 Å². The molecule has 1 aliphatic rings. The van der Waals surface area contributed by atoms with Gasteiger partial charge in [0.15, 0.2) is 0 Å². The third-order valence-corrected chi connectivity index (χ3v) is 5.18. The van der Waals surface area contributed by atoms with Crippen molar-refractivity contribution in [3.8, 4) is 0 Å². The molecule has 0 atom stereocenters. The van der Waals surface area contributed by atoms with Crippen LogP contribution >= 0.6 is 0 Å². The molecule has 0 saturated carbocycles. The Morgan fingerprint density at radius 3 is 2.73 bits per heavy atom. The van der Waals surface area contributed by atoms with Crippen LogP contribution in [-0.4, -0.2) is 9.97 Å². The number of anilines is 2. The number of aromatic amines is 1. The molecule has 2 N–H and O–H groups in total. The largest absolute Gasteiger partial charge is 0.361 e. The Labute approximate surface area is 152 Å². The van der Waals surface area contributed by atoms with Gasteiger partial charge in [-0.1, -0.05) is 24.3 Å². The average Bonchev–Trinajstić information content (AvgIpc) is 3.16. The van der Waals surface area contributed by atoms with Crippen LogP contribution in [0.25, 0.3) is 27.4 Å². The molecular formula is C23H21N3. The fraction of sp³-hybridized carbons (Fsp3) is 0.174. The molecule has 0 unspecified atom stereocenters. The quantitative estimate of drug-likeness (QED) is 0.452. The van der Waals surface area contributed by atoms with Crippen LogP contribution in [0, 0.1) is 0 Å². The molecule has 3 heteroatoms. The molecule has 2 aromatic carbocycles. The number of nitrogens with zero attached hydrogens (tertiary/aromatic N) is 1. The maximum absolute atomic E-state index is 4.85. The lowest BCUT2D eigenvalue weighted by molar-refractivity contribution is 0.742. The number of pyridine rings is 1. The first kappa shape index (κ1) is 15.2. The molecule has 0 radical (unpaired) electrons. The number of rotatable bonds is 3. The van der Waals surface area contributed by atoms with E-state index in [2.05, 4.69) is 64.9 Å². The highest BCUT2D eigenvalue weighted by Gasteiger charge is 2.08. The number of fused-ring (bicyclic) bond motifs is 2. The third kappa shape index (κ3) is 2.86. The van der Waals surface area contributed by atoms with Gasteiger partial charge in [0, 0.05) is 22.8 Å². The number of H-pyrrole nitrogens is 1. The first-order valence-corrected chi connectivity index (χ1v) is 9.30. The lowest BCUT2D eigenvalue weighted by Gasteiger charge is -2.13. The van der Waals surface area contributed by atoms with Crippen molar-refractivity contribution in [1.29, 1.82) is 0 Å². The van der Waals surface area contributed by atoms with E-state index in [1.54, 1.807) is 0 Å². The van der Waals surface area contributed by atoms with Gasteiger partial charge in [-0.2, -0.15) is 0 Å². The predicted molar refractivity (Wildman–Crippen MR) is 110 cm³/mol. The molecule has 1 aliphatic carbocycles. The molecule has 4 aromatic rings. The van der Waals surface area contributed by atoms with E-state index in [0.29, 0.717) is 0 Å². The Hall–Kier alpha value is -3.07. The molecule has 0 aliphatic heterocycles. The minimum atomic E-state index is 0.873. The van der Waals surface area contributed by atoms with Crippen molar-refractivity contribution in [3.63, 3.8) is 0 Å². The summed E-state index contributed by atoms with van der Waals surface area (Å²) in [6.45, 7) is 0. The van der Waals surface area contributed by atoms with E-state index in [0.717, 1.165) is 22.5 Å². The Morgan fingerprint density at radius 2 is 1.81 bits per heavy atom. The first-order valence-electron chi connectivity index (χ1n) is 9.30. The second-order valence-electron chi connectivity index (χ2n) is 6.98.